The molecule has 0 spiro atoms. The predicted octanol–water partition coefficient (Wildman–Crippen LogP) is 6.69. The molecule has 1 atom stereocenters. The van der Waals surface area contributed by atoms with Crippen LogP contribution in [0.4, 0.5) is 15.8 Å². The number of benzene rings is 2. The smallest absolute Gasteiger partial charge is 0.145 e. The van der Waals surface area contributed by atoms with E-state index < -0.39 is 0 Å². The minimum absolute atomic E-state index is 0.223. The summed E-state index contributed by atoms with van der Waals surface area (Å²) in [5, 5.41) is 7.00. The molecule has 0 saturated heterocycles. The monoisotopic (exact) mass is 477 g/mol. The van der Waals surface area contributed by atoms with Gasteiger partial charge in [0.15, 0.2) is 0 Å². The number of aliphatic hydroxyl groups excluding tert-OH is 1. The molecule has 4 nitrogen and oxygen atoms in total. The van der Waals surface area contributed by atoms with Crippen LogP contribution in [0.2, 0.25) is 0 Å². The van der Waals surface area contributed by atoms with Crippen LogP contribution in [0.25, 0.3) is 0 Å². The first-order valence-electron chi connectivity index (χ1n) is 10.8. The Morgan fingerprint density at radius 2 is 2.00 bits per heavy atom. The maximum absolute atomic E-state index is 13.6. The van der Waals surface area contributed by atoms with Crippen molar-refractivity contribution in [3.63, 3.8) is 0 Å². The van der Waals surface area contributed by atoms with E-state index >= 15 is 0 Å². The lowest BCUT2D eigenvalue weighted by molar-refractivity contribution is -0.104. The van der Waals surface area contributed by atoms with Gasteiger partial charge in [0.05, 0.1) is 16.8 Å². The SMILES string of the molecule is CCCCC1CSc2cc(O/C=C/C=O)c(SCC)cc2N(c2ccc(F)cc2)C1.CO. The number of ether oxygens (including phenoxy) is 1. The third-order valence-electron chi connectivity index (χ3n) is 4.99. The maximum atomic E-state index is 13.6. The topological polar surface area (TPSA) is 49.8 Å². The lowest BCUT2D eigenvalue weighted by Crippen LogP contribution is -2.25. The summed E-state index contributed by atoms with van der Waals surface area (Å²) in [6, 6.07) is 11.0. The van der Waals surface area contributed by atoms with Crippen LogP contribution in [0.1, 0.15) is 33.1 Å². The van der Waals surface area contributed by atoms with Crippen LogP contribution >= 0.6 is 23.5 Å². The molecule has 0 fully saturated rings. The number of halogens is 1. The fourth-order valence-corrected chi connectivity index (χ4v) is 5.46. The van der Waals surface area contributed by atoms with Crippen molar-refractivity contribution in [3.8, 4) is 5.75 Å². The molecule has 1 aliphatic heterocycles. The predicted molar refractivity (Wildman–Crippen MR) is 134 cm³/mol. The van der Waals surface area contributed by atoms with E-state index in [1.165, 1.54) is 43.7 Å². The van der Waals surface area contributed by atoms with Gasteiger partial charge >= 0.3 is 0 Å². The zero-order valence-corrected chi connectivity index (χ0v) is 20.6. The van der Waals surface area contributed by atoms with Gasteiger partial charge in [-0.25, -0.2) is 4.39 Å². The molecule has 1 aliphatic rings. The second kappa shape index (κ2) is 14.2. The van der Waals surface area contributed by atoms with Crippen LogP contribution in [-0.4, -0.2) is 36.6 Å². The first-order valence-corrected chi connectivity index (χ1v) is 12.8. The van der Waals surface area contributed by atoms with Gasteiger partial charge in [-0.2, -0.15) is 0 Å². The first kappa shape index (κ1) is 26.3. The highest BCUT2D eigenvalue weighted by molar-refractivity contribution is 7.99. The summed E-state index contributed by atoms with van der Waals surface area (Å²) in [5.41, 5.74) is 2.14. The standard InChI is InChI=1S/C24H28FNO2S2.CH4O/c1-3-5-7-18-16-26(20-10-8-19(25)9-11-20)21-14-24(29-4-2)22(28-13-6-12-27)15-23(21)30-17-18;1-2/h6,8-15,18H,3-5,7,16-17H2,1-2H3;2H,1H3/b13-6+;. The van der Waals surface area contributed by atoms with E-state index in [0.717, 1.165) is 52.1 Å². The number of hydrogen-bond acceptors (Lipinski definition) is 6. The third-order valence-corrected chi connectivity index (χ3v) is 7.18. The second-order valence-electron chi connectivity index (χ2n) is 7.19. The first-order chi connectivity index (χ1) is 15.7. The molecule has 32 heavy (non-hydrogen) atoms. The molecule has 2 aromatic carbocycles. The molecule has 1 unspecified atom stereocenters. The van der Waals surface area contributed by atoms with Crippen molar-refractivity contribution in [3.05, 3.63) is 54.6 Å². The summed E-state index contributed by atoms with van der Waals surface area (Å²) in [6.07, 6.45) is 7.06. The highest BCUT2D eigenvalue weighted by atomic mass is 32.2. The van der Waals surface area contributed by atoms with E-state index in [9.17, 15) is 9.18 Å². The van der Waals surface area contributed by atoms with Gasteiger partial charge in [-0.3, -0.25) is 4.79 Å². The van der Waals surface area contributed by atoms with Crippen LogP contribution in [-0.2, 0) is 4.79 Å². The summed E-state index contributed by atoms with van der Waals surface area (Å²) in [5.74, 6) is 3.04. The molecule has 7 heteroatoms. The van der Waals surface area contributed by atoms with E-state index in [0.29, 0.717) is 12.2 Å². The largest absolute Gasteiger partial charge is 0.464 e. The lowest BCUT2D eigenvalue weighted by Gasteiger charge is -2.28. The number of aldehydes is 1. The number of thioether (sulfide) groups is 2. The summed E-state index contributed by atoms with van der Waals surface area (Å²) in [6.45, 7) is 5.24. The van der Waals surface area contributed by atoms with Gasteiger partial charge in [-0.15, -0.1) is 23.5 Å². The van der Waals surface area contributed by atoms with Crippen molar-refractivity contribution in [2.75, 3.05) is 30.1 Å². The lowest BCUT2D eigenvalue weighted by atomic mass is 10.0. The number of nitrogens with zero attached hydrogens (tertiary/aromatic N) is 1. The van der Waals surface area contributed by atoms with Crippen molar-refractivity contribution < 1.29 is 19.0 Å². The number of carbonyl (C=O) groups is 1. The molecule has 0 aromatic heterocycles. The average molecular weight is 478 g/mol. The number of hydrogen-bond donors (Lipinski definition) is 1. The van der Waals surface area contributed by atoms with Gasteiger partial charge in [-0.05, 0) is 54.5 Å². The number of fused-ring (bicyclic) bond motifs is 1. The number of aliphatic hydroxyl groups is 1. The maximum Gasteiger partial charge on any atom is 0.145 e. The molecule has 174 valence electrons. The molecule has 0 bridgehead atoms. The fraction of sp³-hybridized carbons (Fsp3) is 0.400. The highest BCUT2D eigenvalue weighted by Crippen LogP contribution is 2.45. The van der Waals surface area contributed by atoms with Gasteiger partial charge < -0.3 is 14.7 Å². The van der Waals surface area contributed by atoms with Gasteiger partial charge in [0.1, 0.15) is 17.9 Å². The summed E-state index contributed by atoms with van der Waals surface area (Å²) >= 11 is 3.56. The second-order valence-corrected chi connectivity index (χ2v) is 9.56. The Morgan fingerprint density at radius 1 is 1.25 bits per heavy atom. The number of allylic oxidation sites excluding steroid dienone is 1. The van der Waals surface area contributed by atoms with Gasteiger partial charge in [0.25, 0.3) is 0 Å². The van der Waals surface area contributed by atoms with Crippen molar-refractivity contribution >= 4 is 41.2 Å². The number of rotatable bonds is 9. The number of carbonyl (C=O) groups excluding carboxylic acids is 1. The zero-order valence-electron chi connectivity index (χ0n) is 18.9. The summed E-state index contributed by atoms with van der Waals surface area (Å²) in [7, 11) is 1.00. The molecule has 1 heterocycles. The molecule has 3 rings (SSSR count). The van der Waals surface area contributed by atoms with Crippen LogP contribution in [0.5, 0.6) is 5.75 Å². The molecule has 0 aliphatic carbocycles. The van der Waals surface area contributed by atoms with E-state index in [1.807, 2.05) is 23.9 Å². The molecular formula is C25H32FNO3S2. The van der Waals surface area contributed by atoms with E-state index in [4.69, 9.17) is 9.84 Å². The van der Waals surface area contributed by atoms with Crippen molar-refractivity contribution in [1.29, 1.82) is 0 Å². The average Bonchev–Trinajstić information content (AvgIpc) is 2.99. The quantitative estimate of drug-likeness (QED) is 0.188. The van der Waals surface area contributed by atoms with Crippen LogP contribution < -0.4 is 9.64 Å². The van der Waals surface area contributed by atoms with Gasteiger partial charge in [-0.1, -0.05) is 26.7 Å². The third kappa shape index (κ3) is 7.29. The Labute approximate surface area is 199 Å². The highest BCUT2D eigenvalue weighted by Gasteiger charge is 2.25. The minimum atomic E-state index is -0.223. The van der Waals surface area contributed by atoms with E-state index in [-0.39, 0.29) is 5.82 Å². The minimum Gasteiger partial charge on any atom is -0.464 e. The Balaban J connectivity index is 0.00000176. The van der Waals surface area contributed by atoms with Crippen LogP contribution in [0.15, 0.2) is 58.5 Å². The Kier molecular flexibility index (Phi) is 11.7. The Bertz CT molecular complexity index is 874. The van der Waals surface area contributed by atoms with Crippen molar-refractivity contribution in [2.24, 2.45) is 5.92 Å². The molecule has 0 radical (unpaired) electrons. The normalized spacial score (nSPS) is 15.5. The molecule has 2 aromatic rings. The van der Waals surface area contributed by atoms with Crippen molar-refractivity contribution in [2.45, 2.75) is 42.9 Å². The molecule has 0 amide bonds. The van der Waals surface area contributed by atoms with Gasteiger partial charge in [0, 0.05) is 36.1 Å². The number of anilines is 2. The van der Waals surface area contributed by atoms with Gasteiger partial charge in [0.2, 0.25) is 0 Å². The zero-order chi connectivity index (χ0) is 23.3. The summed E-state index contributed by atoms with van der Waals surface area (Å²) < 4.78 is 19.3. The molecular weight excluding hydrogens is 445 g/mol. The van der Waals surface area contributed by atoms with E-state index in [2.05, 4.69) is 30.9 Å². The number of unbranched alkanes of at least 4 members (excludes halogenated alkanes) is 1. The van der Waals surface area contributed by atoms with E-state index in [1.54, 1.807) is 11.8 Å². The Hall–Kier alpha value is -1.96. The van der Waals surface area contributed by atoms with Crippen LogP contribution in [0.3, 0.4) is 0 Å². The van der Waals surface area contributed by atoms with Crippen LogP contribution in [0, 0.1) is 11.7 Å². The van der Waals surface area contributed by atoms with Crippen molar-refractivity contribution in [1.82, 2.24) is 0 Å². The Morgan fingerprint density at radius 3 is 2.66 bits per heavy atom. The fourth-order valence-electron chi connectivity index (χ4n) is 3.51. The molecule has 0 saturated carbocycles. The summed E-state index contributed by atoms with van der Waals surface area (Å²) in [4.78, 5) is 15.1. The molecule has 1 N–H and O–H groups in total.